The smallest absolute Gasteiger partial charge is 0.143 e. The van der Waals surface area contributed by atoms with E-state index in [2.05, 4.69) is 15.4 Å². The summed E-state index contributed by atoms with van der Waals surface area (Å²) in [6, 6.07) is 6.29. The molecule has 136 valence electrons. The number of halogens is 1. The molecular formula is C19H21FN4O2. The van der Waals surface area contributed by atoms with Gasteiger partial charge in [0, 0.05) is 18.7 Å². The molecule has 1 N–H and O–H groups in total. The Morgan fingerprint density at radius 1 is 1.31 bits per heavy atom. The van der Waals surface area contributed by atoms with Crippen LogP contribution in [0.4, 0.5) is 4.39 Å². The van der Waals surface area contributed by atoms with E-state index in [1.165, 1.54) is 29.8 Å². The Hall–Kier alpha value is -2.54. The SMILES string of the molecule is C[C@@H](O)c1cc(F)ccc1-c1nn(C)nc1Cc1cc(CC2CC2)no1. The molecular weight excluding hydrogens is 335 g/mol. The monoisotopic (exact) mass is 356 g/mol. The molecule has 1 aliphatic carbocycles. The van der Waals surface area contributed by atoms with Crippen molar-refractivity contribution < 1.29 is 14.0 Å². The predicted molar refractivity (Wildman–Crippen MR) is 92.8 cm³/mol. The van der Waals surface area contributed by atoms with Crippen molar-refractivity contribution in [2.45, 2.75) is 38.7 Å². The van der Waals surface area contributed by atoms with Crippen molar-refractivity contribution in [2.24, 2.45) is 13.0 Å². The van der Waals surface area contributed by atoms with Crippen molar-refractivity contribution in [3.8, 4) is 11.3 Å². The fourth-order valence-corrected chi connectivity index (χ4v) is 3.19. The second-order valence-electron chi connectivity index (χ2n) is 7.00. The zero-order valence-corrected chi connectivity index (χ0v) is 14.8. The number of rotatable bonds is 6. The Bertz CT molecular complexity index is 928. The predicted octanol–water partition coefficient (Wildman–Crippen LogP) is 3.21. The fourth-order valence-electron chi connectivity index (χ4n) is 3.19. The molecule has 0 saturated heterocycles. The third-order valence-corrected chi connectivity index (χ3v) is 4.65. The summed E-state index contributed by atoms with van der Waals surface area (Å²) in [5, 5.41) is 23.0. The van der Waals surface area contributed by atoms with E-state index in [1.54, 1.807) is 20.0 Å². The summed E-state index contributed by atoms with van der Waals surface area (Å²) in [5.41, 5.74) is 3.44. The first-order valence-corrected chi connectivity index (χ1v) is 8.82. The second-order valence-corrected chi connectivity index (χ2v) is 7.00. The summed E-state index contributed by atoms with van der Waals surface area (Å²) in [6.45, 7) is 1.61. The van der Waals surface area contributed by atoms with Gasteiger partial charge in [0.2, 0.25) is 0 Å². The number of benzene rings is 1. The number of aliphatic hydroxyl groups excluding tert-OH is 1. The molecule has 1 saturated carbocycles. The summed E-state index contributed by atoms with van der Waals surface area (Å²) >= 11 is 0. The van der Waals surface area contributed by atoms with Gasteiger partial charge < -0.3 is 9.63 Å². The number of hydrogen-bond donors (Lipinski definition) is 1. The molecule has 2 heterocycles. The van der Waals surface area contributed by atoms with Crippen LogP contribution in [-0.2, 0) is 19.9 Å². The number of aliphatic hydroxyl groups is 1. The maximum atomic E-state index is 13.6. The van der Waals surface area contributed by atoms with Crippen molar-refractivity contribution in [1.29, 1.82) is 0 Å². The standard InChI is InChI=1S/C19H21FN4O2/c1-11(25)17-8-13(20)5-6-16(17)19-18(21-24(2)22-19)10-15-9-14(23-26-15)7-12-3-4-12/h5-6,8-9,11-12,25H,3-4,7,10H2,1-2H3/t11-/m1/s1. The van der Waals surface area contributed by atoms with Gasteiger partial charge in [-0.05, 0) is 55.9 Å². The molecule has 0 radical (unpaired) electrons. The quantitative estimate of drug-likeness (QED) is 0.734. The third kappa shape index (κ3) is 3.53. The highest BCUT2D eigenvalue weighted by molar-refractivity contribution is 5.66. The average molecular weight is 356 g/mol. The molecule has 0 amide bonds. The molecule has 0 spiro atoms. The van der Waals surface area contributed by atoms with Gasteiger partial charge in [0.1, 0.15) is 17.3 Å². The van der Waals surface area contributed by atoms with E-state index in [0.717, 1.165) is 23.8 Å². The van der Waals surface area contributed by atoms with Crippen LogP contribution in [0.2, 0.25) is 0 Å². The molecule has 3 aromatic rings. The van der Waals surface area contributed by atoms with E-state index >= 15 is 0 Å². The van der Waals surface area contributed by atoms with Crippen LogP contribution in [-0.4, -0.2) is 25.3 Å². The summed E-state index contributed by atoms with van der Waals surface area (Å²) in [6.07, 6.45) is 3.12. The van der Waals surface area contributed by atoms with Gasteiger partial charge in [0.05, 0.1) is 23.9 Å². The number of hydrogen-bond acceptors (Lipinski definition) is 5. The van der Waals surface area contributed by atoms with Crippen molar-refractivity contribution in [3.05, 3.63) is 52.8 Å². The molecule has 1 fully saturated rings. The second kappa shape index (κ2) is 6.64. The van der Waals surface area contributed by atoms with Gasteiger partial charge in [0.25, 0.3) is 0 Å². The maximum Gasteiger partial charge on any atom is 0.143 e. The van der Waals surface area contributed by atoms with Gasteiger partial charge in [0.15, 0.2) is 0 Å². The lowest BCUT2D eigenvalue weighted by Gasteiger charge is -2.11. The first-order valence-electron chi connectivity index (χ1n) is 8.82. The van der Waals surface area contributed by atoms with Crippen LogP contribution >= 0.6 is 0 Å². The summed E-state index contributed by atoms with van der Waals surface area (Å²) < 4.78 is 19.1. The lowest BCUT2D eigenvalue weighted by molar-refractivity contribution is 0.199. The minimum Gasteiger partial charge on any atom is -0.389 e. The summed E-state index contributed by atoms with van der Waals surface area (Å²) in [5.74, 6) is 1.07. The van der Waals surface area contributed by atoms with E-state index in [1.807, 2.05) is 6.07 Å². The van der Waals surface area contributed by atoms with Crippen LogP contribution in [0.25, 0.3) is 11.3 Å². The van der Waals surface area contributed by atoms with E-state index in [0.29, 0.717) is 28.9 Å². The van der Waals surface area contributed by atoms with Crippen molar-refractivity contribution in [3.63, 3.8) is 0 Å². The molecule has 4 rings (SSSR count). The van der Waals surface area contributed by atoms with Crippen molar-refractivity contribution >= 4 is 0 Å². The van der Waals surface area contributed by atoms with Gasteiger partial charge >= 0.3 is 0 Å². The highest BCUT2D eigenvalue weighted by atomic mass is 19.1. The van der Waals surface area contributed by atoms with Crippen LogP contribution in [0.15, 0.2) is 28.8 Å². The zero-order valence-electron chi connectivity index (χ0n) is 14.8. The van der Waals surface area contributed by atoms with Crippen molar-refractivity contribution in [2.75, 3.05) is 0 Å². The molecule has 7 heteroatoms. The average Bonchev–Trinajstić information content (AvgIpc) is 3.18. The van der Waals surface area contributed by atoms with E-state index in [-0.39, 0.29) is 0 Å². The van der Waals surface area contributed by atoms with Crippen LogP contribution in [0.3, 0.4) is 0 Å². The van der Waals surface area contributed by atoms with Gasteiger partial charge in [-0.1, -0.05) is 5.16 Å². The van der Waals surface area contributed by atoms with Crippen LogP contribution in [0.1, 0.15) is 48.6 Å². The Balaban J connectivity index is 1.66. The lowest BCUT2D eigenvalue weighted by Crippen LogP contribution is -1.99. The summed E-state index contributed by atoms with van der Waals surface area (Å²) in [7, 11) is 1.73. The van der Waals surface area contributed by atoms with Gasteiger partial charge in [-0.2, -0.15) is 15.0 Å². The minimum absolute atomic E-state index is 0.393. The number of aromatic nitrogens is 4. The topological polar surface area (TPSA) is 77.0 Å². The molecule has 1 atom stereocenters. The lowest BCUT2D eigenvalue weighted by atomic mass is 9.98. The maximum absolute atomic E-state index is 13.6. The molecule has 1 aliphatic rings. The molecule has 2 aromatic heterocycles. The molecule has 26 heavy (non-hydrogen) atoms. The number of nitrogens with zero attached hydrogens (tertiary/aromatic N) is 4. The molecule has 0 aliphatic heterocycles. The first-order chi connectivity index (χ1) is 12.5. The molecule has 0 bridgehead atoms. The Kier molecular flexibility index (Phi) is 4.32. The Labute approximate surface area is 150 Å². The molecule has 1 aromatic carbocycles. The van der Waals surface area contributed by atoms with Crippen LogP contribution < -0.4 is 0 Å². The van der Waals surface area contributed by atoms with E-state index in [9.17, 15) is 9.50 Å². The highest BCUT2D eigenvalue weighted by Crippen LogP contribution is 2.33. The van der Waals surface area contributed by atoms with Gasteiger partial charge in [-0.25, -0.2) is 4.39 Å². The summed E-state index contributed by atoms with van der Waals surface area (Å²) in [4.78, 5) is 1.47. The Morgan fingerprint density at radius 2 is 2.12 bits per heavy atom. The first kappa shape index (κ1) is 16.9. The normalized spacial score (nSPS) is 15.4. The van der Waals surface area contributed by atoms with Crippen molar-refractivity contribution in [1.82, 2.24) is 20.2 Å². The van der Waals surface area contributed by atoms with Gasteiger partial charge in [-0.3, -0.25) is 0 Å². The van der Waals surface area contributed by atoms with Crippen LogP contribution in [0.5, 0.6) is 0 Å². The fraction of sp³-hybridized carbons (Fsp3) is 0.421. The van der Waals surface area contributed by atoms with Gasteiger partial charge in [-0.15, -0.1) is 0 Å². The zero-order chi connectivity index (χ0) is 18.3. The third-order valence-electron chi connectivity index (χ3n) is 4.65. The molecule has 0 unspecified atom stereocenters. The minimum atomic E-state index is -0.814. The molecule has 6 nitrogen and oxygen atoms in total. The highest BCUT2D eigenvalue weighted by Gasteiger charge is 2.24. The largest absolute Gasteiger partial charge is 0.389 e. The van der Waals surface area contributed by atoms with Crippen LogP contribution in [0, 0.1) is 11.7 Å². The van der Waals surface area contributed by atoms with E-state index in [4.69, 9.17) is 4.52 Å². The van der Waals surface area contributed by atoms with E-state index < -0.39 is 11.9 Å². The Morgan fingerprint density at radius 3 is 2.85 bits per heavy atom. The number of aryl methyl sites for hydroxylation is 1.